The lowest BCUT2D eigenvalue weighted by molar-refractivity contribution is -0.147. The number of esters is 1. The molecule has 0 unspecified atom stereocenters. The number of hydrogen-bond donors (Lipinski definition) is 1. The number of amides is 1. The van der Waals surface area contributed by atoms with Crippen molar-refractivity contribution in [1.82, 2.24) is 15.1 Å². The number of nitrogens with zero attached hydrogens (tertiary/aromatic N) is 2. The quantitative estimate of drug-likeness (QED) is 0.490. The topological polar surface area (TPSA) is 86.4 Å². The summed E-state index contributed by atoms with van der Waals surface area (Å²) in [5.74, 6) is -0.436. The Kier molecular flexibility index (Phi) is 6.29. The highest BCUT2D eigenvalue weighted by Gasteiger charge is 2.30. The average Bonchev–Trinajstić information content (AvgIpc) is 3.33. The van der Waals surface area contributed by atoms with E-state index < -0.39 is 17.9 Å². The van der Waals surface area contributed by atoms with Crippen LogP contribution in [0.25, 0.3) is 11.8 Å². The molecule has 3 rings (SSSR count). The maximum absolute atomic E-state index is 12.6. The lowest BCUT2D eigenvalue weighted by atomic mass is 10.0. The van der Waals surface area contributed by atoms with Crippen LogP contribution in [0.5, 0.6) is 0 Å². The normalized spacial score (nSPS) is 12.1. The van der Waals surface area contributed by atoms with Crippen molar-refractivity contribution >= 4 is 18.0 Å². The van der Waals surface area contributed by atoms with Gasteiger partial charge < -0.3 is 14.5 Å². The Labute approximate surface area is 169 Å². The number of aromatic nitrogens is 2. The second-order valence-electron chi connectivity index (χ2n) is 6.37. The smallest absolute Gasteiger partial charge is 0.333 e. The van der Waals surface area contributed by atoms with E-state index in [-0.39, 0.29) is 6.61 Å². The van der Waals surface area contributed by atoms with E-state index in [4.69, 9.17) is 9.15 Å². The average molecular weight is 393 g/mol. The van der Waals surface area contributed by atoms with Crippen molar-refractivity contribution in [2.45, 2.75) is 26.8 Å². The molecule has 0 aliphatic carbocycles. The molecule has 1 aromatic carbocycles. The van der Waals surface area contributed by atoms with Crippen LogP contribution in [-0.4, -0.2) is 28.3 Å². The maximum atomic E-state index is 12.6. The third kappa shape index (κ3) is 4.63. The summed E-state index contributed by atoms with van der Waals surface area (Å²) < 4.78 is 12.1. The van der Waals surface area contributed by atoms with Crippen LogP contribution in [0.2, 0.25) is 0 Å². The molecule has 2 heterocycles. The van der Waals surface area contributed by atoms with E-state index in [1.165, 1.54) is 18.4 Å². The summed E-state index contributed by atoms with van der Waals surface area (Å²) in [7, 11) is 0. The van der Waals surface area contributed by atoms with Crippen LogP contribution in [-0.2, 0) is 14.3 Å². The van der Waals surface area contributed by atoms with Gasteiger partial charge in [0, 0.05) is 17.3 Å². The first-order valence-electron chi connectivity index (χ1n) is 9.31. The molecule has 7 heteroatoms. The first kappa shape index (κ1) is 20.1. The van der Waals surface area contributed by atoms with Crippen molar-refractivity contribution in [3.63, 3.8) is 0 Å². The molecular formula is C22H23N3O4. The number of nitrogens with one attached hydrogen (secondary N) is 1. The molecule has 29 heavy (non-hydrogen) atoms. The number of carbonyl (C=O) groups is 2. The van der Waals surface area contributed by atoms with Crippen LogP contribution in [0.1, 0.15) is 35.7 Å². The summed E-state index contributed by atoms with van der Waals surface area (Å²) in [5, 5.41) is 7.29. The largest absolute Gasteiger partial charge is 0.465 e. The van der Waals surface area contributed by atoms with Crippen molar-refractivity contribution in [2.75, 3.05) is 6.61 Å². The molecule has 0 fully saturated rings. The van der Waals surface area contributed by atoms with Crippen LogP contribution in [0.15, 0.2) is 59.2 Å². The van der Waals surface area contributed by atoms with Gasteiger partial charge in [-0.3, -0.25) is 4.79 Å². The summed E-state index contributed by atoms with van der Waals surface area (Å²) in [6.45, 7) is 5.59. The molecule has 3 aromatic rings. The molecule has 0 saturated heterocycles. The zero-order valence-electron chi connectivity index (χ0n) is 16.6. The van der Waals surface area contributed by atoms with Gasteiger partial charge >= 0.3 is 5.97 Å². The van der Waals surface area contributed by atoms with Crippen molar-refractivity contribution in [2.24, 2.45) is 0 Å². The standard InChI is InChI=1S/C22H23N3O4/c1-4-28-22(27)21(23-19(26)13-12-18-11-8-14-29-18)20-15(2)24-25(16(20)3)17-9-6-5-7-10-17/h5-14,21H,4H2,1-3H3,(H,23,26)/b13-12+/t21-/m1/s1. The fourth-order valence-corrected chi connectivity index (χ4v) is 3.10. The molecule has 0 saturated carbocycles. The molecule has 1 atom stereocenters. The predicted molar refractivity (Wildman–Crippen MR) is 108 cm³/mol. The zero-order valence-corrected chi connectivity index (χ0v) is 16.6. The lowest BCUT2D eigenvalue weighted by Crippen LogP contribution is -2.34. The summed E-state index contributed by atoms with van der Waals surface area (Å²) in [6.07, 6.45) is 4.37. The lowest BCUT2D eigenvalue weighted by Gasteiger charge is -2.17. The van der Waals surface area contributed by atoms with E-state index in [1.807, 2.05) is 37.3 Å². The molecule has 1 N–H and O–H groups in total. The third-order valence-corrected chi connectivity index (χ3v) is 4.39. The molecule has 150 valence electrons. The maximum Gasteiger partial charge on any atom is 0.333 e. The fraction of sp³-hybridized carbons (Fsp3) is 0.227. The van der Waals surface area contributed by atoms with Crippen molar-refractivity contribution in [3.05, 3.63) is 77.5 Å². The second-order valence-corrected chi connectivity index (χ2v) is 6.37. The summed E-state index contributed by atoms with van der Waals surface area (Å²) in [6, 6.07) is 12.1. The van der Waals surface area contributed by atoms with Gasteiger partial charge in [-0.1, -0.05) is 18.2 Å². The number of para-hydroxylation sites is 1. The predicted octanol–water partition coefficient (Wildman–Crippen LogP) is 3.52. The number of ether oxygens (including phenoxy) is 1. The van der Waals surface area contributed by atoms with E-state index in [2.05, 4.69) is 10.4 Å². The van der Waals surface area contributed by atoms with Crippen LogP contribution in [0.3, 0.4) is 0 Å². The first-order valence-corrected chi connectivity index (χ1v) is 9.31. The molecule has 7 nitrogen and oxygen atoms in total. The van der Waals surface area contributed by atoms with Crippen LogP contribution >= 0.6 is 0 Å². The molecule has 0 spiro atoms. The SMILES string of the molecule is CCOC(=O)[C@H](NC(=O)/C=C/c1ccco1)c1c(C)nn(-c2ccccc2)c1C. The Balaban J connectivity index is 1.92. The van der Waals surface area contributed by atoms with Gasteiger partial charge in [0.15, 0.2) is 6.04 Å². The second kappa shape index (κ2) is 9.05. The third-order valence-electron chi connectivity index (χ3n) is 4.39. The Morgan fingerprint density at radius 2 is 1.97 bits per heavy atom. The minimum Gasteiger partial charge on any atom is -0.465 e. The Morgan fingerprint density at radius 3 is 2.62 bits per heavy atom. The van der Waals surface area contributed by atoms with Gasteiger partial charge in [-0.25, -0.2) is 9.48 Å². The van der Waals surface area contributed by atoms with E-state index in [9.17, 15) is 9.59 Å². The molecule has 0 aliphatic heterocycles. The van der Waals surface area contributed by atoms with Gasteiger partial charge in [0.1, 0.15) is 5.76 Å². The zero-order chi connectivity index (χ0) is 20.8. The minimum absolute atomic E-state index is 0.207. The van der Waals surface area contributed by atoms with Crippen molar-refractivity contribution in [1.29, 1.82) is 0 Å². The number of furan rings is 1. The highest BCUT2D eigenvalue weighted by molar-refractivity contribution is 5.94. The molecular weight excluding hydrogens is 370 g/mol. The van der Waals surface area contributed by atoms with Gasteiger partial charge in [0.05, 0.1) is 24.3 Å². The summed E-state index contributed by atoms with van der Waals surface area (Å²) in [5.41, 5.74) is 2.87. The molecule has 1 amide bonds. The number of rotatable bonds is 7. The van der Waals surface area contributed by atoms with Crippen molar-refractivity contribution in [3.8, 4) is 5.69 Å². The summed E-state index contributed by atoms with van der Waals surface area (Å²) in [4.78, 5) is 25.1. The Hall–Kier alpha value is -3.61. The minimum atomic E-state index is -0.971. The van der Waals surface area contributed by atoms with E-state index in [0.717, 1.165) is 11.4 Å². The monoisotopic (exact) mass is 393 g/mol. The Morgan fingerprint density at radius 1 is 1.21 bits per heavy atom. The summed E-state index contributed by atoms with van der Waals surface area (Å²) >= 11 is 0. The molecule has 0 radical (unpaired) electrons. The highest BCUT2D eigenvalue weighted by atomic mass is 16.5. The number of benzene rings is 1. The van der Waals surface area contributed by atoms with Gasteiger partial charge in [0.2, 0.25) is 5.91 Å². The first-order chi connectivity index (χ1) is 14.0. The fourth-order valence-electron chi connectivity index (χ4n) is 3.10. The van der Waals surface area contributed by atoms with Gasteiger partial charge in [0.25, 0.3) is 0 Å². The molecule has 2 aromatic heterocycles. The Bertz CT molecular complexity index is 1000. The highest BCUT2D eigenvalue weighted by Crippen LogP contribution is 2.25. The number of carbonyl (C=O) groups excluding carboxylic acids is 2. The van der Waals surface area contributed by atoms with Crippen LogP contribution in [0, 0.1) is 13.8 Å². The number of aryl methyl sites for hydroxylation is 1. The van der Waals surface area contributed by atoms with E-state index in [0.29, 0.717) is 17.0 Å². The number of hydrogen-bond acceptors (Lipinski definition) is 5. The van der Waals surface area contributed by atoms with Gasteiger partial charge in [-0.05, 0) is 51.1 Å². The van der Waals surface area contributed by atoms with Crippen LogP contribution < -0.4 is 5.32 Å². The van der Waals surface area contributed by atoms with Crippen LogP contribution in [0.4, 0.5) is 0 Å². The van der Waals surface area contributed by atoms with Gasteiger partial charge in [-0.15, -0.1) is 0 Å². The van der Waals surface area contributed by atoms with Crippen molar-refractivity contribution < 1.29 is 18.7 Å². The van der Waals surface area contributed by atoms with E-state index >= 15 is 0 Å². The molecule has 0 aliphatic rings. The van der Waals surface area contributed by atoms with E-state index in [1.54, 1.807) is 30.7 Å². The van der Waals surface area contributed by atoms with Gasteiger partial charge in [-0.2, -0.15) is 5.10 Å². The molecule has 0 bridgehead atoms.